The van der Waals surface area contributed by atoms with Gasteiger partial charge in [-0.25, -0.2) is 0 Å². The lowest BCUT2D eigenvalue weighted by molar-refractivity contribution is 0.224. The molecule has 0 bridgehead atoms. The molecule has 0 amide bonds. The monoisotopic (exact) mass is 284 g/mol. The summed E-state index contributed by atoms with van der Waals surface area (Å²) in [6, 6.07) is 16.4. The molecule has 0 aliphatic heterocycles. The van der Waals surface area contributed by atoms with Gasteiger partial charge in [-0.15, -0.1) is 0 Å². The summed E-state index contributed by atoms with van der Waals surface area (Å²) in [7, 11) is 4.04. The van der Waals surface area contributed by atoms with Crippen LogP contribution < -0.4 is 10.2 Å². The fraction of sp³-hybridized carbons (Fsp3) is 0.333. The van der Waals surface area contributed by atoms with Crippen molar-refractivity contribution in [2.45, 2.75) is 19.4 Å². The summed E-state index contributed by atoms with van der Waals surface area (Å²) in [6.07, 6.45) is 0. The molecule has 0 saturated carbocycles. The van der Waals surface area contributed by atoms with E-state index in [9.17, 15) is 5.11 Å². The zero-order valence-electron chi connectivity index (χ0n) is 13.2. The Morgan fingerprint density at radius 1 is 1.05 bits per heavy atom. The van der Waals surface area contributed by atoms with Crippen molar-refractivity contribution in [1.82, 2.24) is 0 Å². The van der Waals surface area contributed by atoms with Gasteiger partial charge in [0, 0.05) is 25.5 Å². The van der Waals surface area contributed by atoms with Gasteiger partial charge in [-0.05, 0) is 43.2 Å². The highest BCUT2D eigenvalue weighted by atomic mass is 16.3. The van der Waals surface area contributed by atoms with Crippen molar-refractivity contribution in [3.05, 3.63) is 59.7 Å². The van der Waals surface area contributed by atoms with Crippen LogP contribution in [0.15, 0.2) is 48.5 Å². The summed E-state index contributed by atoms with van der Waals surface area (Å²) in [5, 5.41) is 13.4. The number of aliphatic hydroxyl groups excluding tert-OH is 1. The fourth-order valence-electron chi connectivity index (χ4n) is 2.34. The summed E-state index contributed by atoms with van der Waals surface area (Å²) in [4.78, 5) is 2.06. The van der Waals surface area contributed by atoms with Gasteiger partial charge in [0.1, 0.15) is 0 Å². The van der Waals surface area contributed by atoms with Gasteiger partial charge in [0.25, 0.3) is 0 Å². The molecule has 0 aliphatic rings. The fourth-order valence-corrected chi connectivity index (χ4v) is 2.34. The molecule has 3 nitrogen and oxygen atoms in total. The standard InChI is InChI=1S/C18H24N2O/c1-14-7-5-6-8-17(14)19-18(2,13-21)15-9-11-16(12-10-15)20(3)4/h5-12,19,21H,13H2,1-4H3. The van der Waals surface area contributed by atoms with Gasteiger partial charge in [0.05, 0.1) is 12.1 Å². The van der Waals surface area contributed by atoms with Crippen molar-refractivity contribution < 1.29 is 5.11 Å². The maximum atomic E-state index is 9.90. The number of benzene rings is 2. The molecule has 2 aromatic rings. The number of hydrogen-bond donors (Lipinski definition) is 2. The van der Waals surface area contributed by atoms with Gasteiger partial charge in [-0.1, -0.05) is 30.3 Å². The van der Waals surface area contributed by atoms with E-state index in [4.69, 9.17) is 0 Å². The van der Waals surface area contributed by atoms with Gasteiger partial charge in [0.15, 0.2) is 0 Å². The first kappa shape index (κ1) is 15.4. The SMILES string of the molecule is Cc1ccccc1NC(C)(CO)c1ccc(N(C)C)cc1. The Kier molecular flexibility index (Phi) is 4.53. The Morgan fingerprint density at radius 3 is 2.19 bits per heavy atom. The third-order valence-electron chi connectivity index (χ3n) is 3.89. The van der Waals surface area contributed by atoms with Crippen LogP contribution in [0.4, 0.5) is 11.4 Å². The van der Waals surface area contributed by atoms with E-state index >= 15 is 0 Å². The van der Waals surface area contributed by atoms with Crippen molar-refractivity contribution in [2.75, 3.05) is 30.9 Å². The number of para-hydroxylation sites is 1. The zero-order chi connectivity index (χ0) is 15.5. The van der Waals surface area contributed by atoms with Crippen LogP contribution in [-0.4, -0.2) is 25.8 Å². The van der Waals surface area contributed by atoms with E-state index < -0.39 is 5.54 Å². The quantitative estimate of drug-likeness (QED) is 0.883. The van der Waals surface area contributed by atoms with Crippen LogP contribution in [-0.2, 0) is 5.54 Å². The van der Waals surface area contributed by atoms with Crippen molar-refractivity contribution >= 4 is 11.4 Å². The first-order valence-electron chi connectivity index (χ1n) is 7.19. The second-order valence-electron chi connectivity index (χ2n) is 5.87. The molecule has 3 heteroatoms. The molecule has 21 heavy (non-hydrogen) atoms. The summed E-state index contributed by atoms with van der Waals surface area (Å²) in [5.41, 5.74) is 3.93. The Hall–Kier alpha value is -2.00. The number of aryl methyl sites for hydroxylation is 1. The molecular formula is C18H24N2O. The molecule has 2 N–H and O–H groups in total. The molecular weight excluding hydrogens is 260 g/mol. The minimum atomic E-state index is -0.503. The zero-order valence-corrected chi connectivity index (χ0v) is 13.2. The molecule has 0 aromatic heterocycles. The topological polar surface area (TPSA) is 35.5 Å². The first-order chi connectivity index (χ1) is 9.96. The number of aliphatic hydroxyl groups is 1. The summed E-state index contributed by atoms with van der Waals surface area (Å²) >= 11 is 0. The van der Waals surface area contributed by atoms with Crippen LogP contribution in [0, 0.1) is 6.92 Å². The molecule has 0 heterocycles. The van der Waals surface area contributed by atoms with E-state index in [1.807, 2.05) is 39.2 Å². The smallest absolute Gasteiger partial charge is 0.0828 e. The predicted octanol–water partition coefficient (Wildman–Crippen LogP) is 3.38. The molecule has 0 spiro atoms. The van der Waals surface area contributed by atoms with Gasteiger partial charge in [-0.2, -0.15) is 0 Å². The summed E-state index contributed by atoms with van der Waals surface area (Å²) < 4.78 is 0. The Balaban J connectivity index is 2.30. The largest absolute Gasteiger partial charge is 0.394 e. The van der Waals surface area contributed by atoms with Crippen molar-refractivity contribution in [1.29, 1.82) is 0 Å². The van der Waals surface area contributed by atoms with Gasteiger partial charge >= 0.3 is 0 Å². The molecule has 1 unspecified atom stereocenters. The van der Waals surface area contributed by atoms with E-state index in [2.05, 4.69) is 47.5 Å². The van der Waals surface area contributed by atoms with Crippen LogP contribution in [0.25, 0.3) is 0 Å². The lowest BCUT2D eigenvalue weighted by atomic mass is 9.92. The second-order valence-corrected chi connectivity index (χ2v) is 5.87. The van der Waals surface area contributed by atoms with E-state index in [1.54, 1.807) is 0 Å². The normalized spacial score (nSPS) is 13.6. The number of hydrogen-bond acceptors (Lipinski definition) is 3. The average molecular weight is 284 g/mol. The van der Waals surface area contributed by atoms with Crippen LogP contribution in [0.2, 0.25) is 0 Å². The molecule has 0 saturated heterocycles. The van der Waals surface area contributed by atoms with Crippen molar-refractivity contribution in [3.63, 3.8) is 0 Å². The molecule has 0 radical (unpaired) electrons. The van der Waals surface area contributed by atoms with E-state index in [1.165, 1.54) is 5.56 Å². The third kappa shape index (κ3) is 3.37. The number of anilines is 2. The molecule has 2 rings (SSSR count). The predicted molar refractivity (Wildman–Crippen MR) is 90.0 cm³/mol. The van der Waals surface area contributed by atoms with Crippen LogP contribution in [0.3, 0.4) is 0 Å². The van der Waals surface area contributed by atoms with E-state index in [-0.39, 0.29) is 6.61 Å². The minimum Gasteiger partial charge on any atom is -0.394 e. The Bertz CT molecular complexity index is 592. The van der Waals surface area contributed by atoms with E-state index in [0.717, 1.165) is 16.9 Å². The van der Waals surface area contributed by atoms with Gasteiger partial charge in [0.2, 0.25) is 0 Å². The summed E-state index contributed by atoms with van der Waals surface area (Å²) in [5.74, 6) is 0. The van der Waals surface area contributed by atoms with Crippen LogP contribution in [0.1, 0.15) is 18.1 Å². The number of nitrogens with one attached hydrogen (secondary N) is 1. The Morgan fingerprint density at radius 2 is 1.67 bits per heavy atom. The molecule has 2 aromatic carbocycles. The number of rotatable bonds is 5. The third-order valence-corrected chi connectivity index (χ3v) is 3.89. The van der Waals surface area contributed by atoms with Crippen molar-refractivity contribution in [3.8, 4) is 0 Å². The maximum absolute atomic E-state index is 9.90. The van der Waals surface area contributed by atoms with Gasteiger partial charge < -0.3 is 15.3 Å². The number of nitrogens with zero attached hydrogens (tertiary/aromatic N) is 1. The molecule has 0 aliphatic carbocycles. The highest BCUT2D eigenvalue weighted by Crippen LogP contribution is 2.28. The lowest BCUT2D eigenvalue weighted by Gasteiger charge is -2.31. The van der Waals surface area contributed by atoms with Crippen molar-refractivity contribution in [2.24, 2.45) is 0 Å². The Labute approximate surface area is 127 Å². The lowest BCUT2D eigenvalue weighted by Crippen LogP contribution is -2.36. The maximum Gasteiger partial charge on any atom is 0.0828 e. The minimum absolute atomic E-state index is 0.0304. The highest BCUT2D eigenvalue weighted by molar-refractivity contribution is 5.55. The first-order valence-corrected chi connectivity index (χ1v) is 7.19. The highest BCUT2D eigenvalue weighted by Gasteiger charge is 2.26. The molecule has 1 atom stereocenters. The van der Waals surface area contributed by atoms with Gasteiger partial charge in [-0.3, -0.25) is 0 Å². The van der Waals surface area contributed by atoms with Crippen LogP contribution in [0.5, 0.6) is 0 Å². The average Bonchev–Trinajstić information content (AvgIpc) is 2.49. The second kappa shape index (κ2) is 6.19. The summed E-state index contributed by atoms with van der Waals surface area (Å²) in [6.45, 7) is 4.11. The van der Waals surface area contributed by atoms with E-state index in [0.29, 0.717) is 0 Å². The van der Waals surface area contributed by atoms with Crippen LogP contribution >= 0.6 is 0 Å². The molecule has 0 fully saturated rings. The molecule has 112 valence electrons.